The van der Waals surface area contributed by atoms with Crippen LogP contribution in [0.25, 0.3) is 65.0 Å². The summed E-state index contributed by atoms with van der Waals surface area (Å²) in [6.07, 6.45) is 3.59. The van der Waals surface area contributed by atoms with Crippen molar-refractivity contribution in [2.24, 2.45) is 0 Å². The van der Waals surface area contributed by atoms with Crippen LogP contribution in [0.3, 0.4) is 0 Å². The molecule has 0 aliphatic rings. The van der Waals surface area contributed by atoms with E-state index in [-0.39, 0.29) is 42.1 Å². The van der Waals surface area contributed by atoms with E-state index in [1.165, 1.54) is 10.8 Å². The molecule has 0 saturated carbocycles. The largest absolute Gasteiger partial charge is 2.00 e. The molecule has 10 heteroatoms. The average molecular weight is 1070 g/mol. The van der Waals surface area contributed by atoms with Crippen LogP contribution >= 0.6 is 22.7 Å². The molecule has 0 bridgehead atoms. The summed E-state index contributed by atoms with van der Waals surface area (Å²) in [5.41, 5.74) is 7.80. The van der Waals surface area contributed by atoms with E-state index in [0.29, 0.717) is 0 Å². The Kier molecular flexibility index (Phi) is 13.9. The first-order valence-corrected chi connectivity index (χ1v) is 17.7. The van der Waals surface area contributed by atoms with Gasteiger partial charge in [0.1, 0.15) is 0 Å². The summed E-state index contributed by atoms with van der Waals surface area (Å²) in [6.45, 7) is 3.97. The van der Waals surface area contributed by atoms with Crippen molar-refractivity contribution >= 4 is 66.5 Å². The summed E-state index contributed by atoms with van der Waals surface area (Å²) in [5, 5.41) is 8.68. The van der Waals surface area contributed by atoms with Gasteiger partial charge in [0, 0.05) is 12.4 Å². The fraction of sp³-hybridized carbons (Fsp3) is 0.0476. The Morgan fingerprint density at radius 1 is 0.481 bits per heavy atom. The summed E-state index contributed by atoms with van der Waals surface area (Å²) in [4.78, 5) is 28.3. The van der Waals surface area contributed by atoms with Crippen molar-refractivity contribution in [2.45, 2.75) is 13.8 Å². The number of fused-ring (bicyclic) bond motifs is 6. The average Bonchev–Trinajstić information content (AvgIpc) is 3.99. The van der Waals surface area contributed by atoms with E-state index in [1.54, 1.807) is 35.1 Å². The van der Waals surface area contributed by atoms with Gasteiger partial charge in [0.15, 0.2) is 0 Å². The predicted molar refractivity (Wildman–Crippen MR) is 207 cm³/mol. The van der Waals surface area contributed by atoms with Crippen molar-refractivity contribution in [3.8, 4) is 21.1 Å². The second-order valence-corrected chi connectivity index (χ2v) is 13.0. The number of pyridine rings is 4. The molecule has 10 aromatic rings. The fourth-order valence-electron chi connectivity index (χ4n) is 5.26. The van der Waals surface area contributed by atoms with Gasteiger partial charge in [0.25, 0.3) is 0 Å². The molecule has 6 nitrogen and oxygen atoms in total. The molecule has 2 aromatic carbocycles. The van der Waals surface area contributed by atoms with Gasteiger partial charge < -0.3 is 29.9 Å². The SMILES string of the molecule is Cc1ccc2c(n1)[n-]c1ccccc12.Cc1ccc2c(n1)[n-]c1ccccc12.[Pt+2].[Pt+2].[c-]1ccsc1-c1ccccn1.[c-]1ccsc1-c1ccccn1. The van der Waals surface area contributed by atoms with Crippen molar-refractivity contribution in [3.05, 3.63) is 168 Å². The zero-order valence-electron chi connectivity index (χ0n) is 28.0. The molecule has 0 aliphatic heterocycles. The third-order valence-electron chi connectivity index (χ3n) is 7.60. The normalized spacial score (nSPS) is 10.2. The van der Waals surface area contributed by atoms with E-state index >= 15 is 0 Å². The van der Waals surface area contributed by atoms with Crippen LogP contribution < -0.4 is 9.97 Å². The van der Waals surface area contributed by atoms with Gasteiger partial charge in [0.05, 0.1) is 0 Å². The quantitative estimate of drug-likeness (QED) is 0.161. The Hall–Kier alpha value is -4.58. The molecule has 0 fully saturated rings. The standard InChI is InChI=1S/2C12H9N2.2C9H6NS.2Pt/c2*1-8-6-7-10-9-4-2-3-5-11(9)14-12(10)13-8;2*1-2-6-10-8(4-1)9-5-3-7-11-9;;/h2*2-7H,1H3;2*1-4,6-7H;;/q4*-1;2*+2. The van der Waals surface area contributed by atoms with Crippen LogP contribution in [0.4, 0.5) is 0 Å². The number of para-hydroxylation sites is 2. The van der Waals surface area contributed by atoms with Crippen molar-refractivity contribution in [3.63, 3.8) is 0 Å². The Bertz CT molecular complexity index is 2390. The van der Waals surface area contributed by atoms with Gasteiger partial charge in [-0.3, -0.25) is 0 Å². The number of rotatable bonds is 2. The van der Waals surface area contributed by atoms with Gasteiger partial charge in [0.2, 0.25) is 0 Å². The van der Waals surface area contributed by atoms with Gasteiger partial charge >= 0.3 is 42.1 Å². The van der Waals surface area contributed by atoms with E-state index in [2.05, 4.69) is 66.3 Å². The first-order chi connectivity index (χ1) is 24.6. The molecule has 8 aromatic heterocycles. The van der Waals surface area contributed by atoms with Crippen LogP contribution in [0.5, 0.6) is 0 Å². The third kappa shape index (κ3) is 9.44. The first kappa shape index (κ1) is 38.6. The van der Waals surface area contributed by atoms with Crippen LogP contribution in [0, 0.1) is 26.0 Å². The molecule has 0 unspecified atom stereocenters. The number of thiophene rings is 2. The van der Waals surface area contributed by atoms with Gasteiger partial charge in [-0.15, -0.1) is 10.8 Å². The number of benzene rings is 2. The zero-order valence-corrected chi connectivity index (χ0v) is 34.2. The molecule has 0 aliphatic carbocycles. The molecule has 0 atom stereocenters. The van der Waals surface area contributed by atoms with Gasteiger partial charge in [-0.1, -0.05) is 129 Å². The maximum atomic E-state index is 4.46. The number of hydrogen-bond donors (Lipinski definition) is 0. The number of aromatic nitrogens is 6. The van der Waals surface area contributed by atoms with Crippen molar-refractivity contribution in [2.75, 3.05) is 0 Å². The van der Waals surface area contributed by atoms with E-state index in [4.69, 9.17) is 0 Å². The van der Waals surface area contributed by atoms with Crippen LogP contribution in [0.1, 0.15) is 11.4 Å². The molecule has 52 heavy (non-hydrogen) atoms. The van der Waals surface area contributed by atoms with Crippen LogP contribution in [0.15, 0.2) is 144 Å². The zero-order chi connectivity index (χ0) is 34.1. The predicted octanol–water partition coefficient (Wildman–Crippen LogP) is 10.5. The minimum absolute atomic E-state index is 0. The van der Waals surface area contributed by atoms with Gasteiger partial charge in [-0.2, -0.15) is 24.3 Å². The van der Waals surface area contributed by atoms with Crippen molar-refractivity contribution in [1.29, 1.82) is 0 Å². The summed E-state index contributed by atoms with van der Waals surface area (Å²) in [7, 11) is 0. The Balaban J connectivity index is 0.000000133. The molecular formula is C42H30N6Pt2S2. The topological polar surface area (TPSA) is 79.8 Å². The maximum absolute atomic E-state index is 4.46. The number of nitrogens with zero attached hydrogens (tertiary/aromatic N) is 6. The van der Waals surface area contributed by atoms with Crippen molar-refractivity contribution < 1.29 is 42.1 Å². The van der Waals surface area contributed by atoms with E-state index in [0.717, 1.165) is 65.6 Å². The van der Waals surface area contributed by atoms with E-state index in [9.17, 15) is 0 Å². The van der Waals surface area contributed by atoms with E-state index in [1.807, 2.05) is 122 Å². The molecule has 10 rings (SSSR count). The van der Waals surface area contributed by atoms with Gasteiger partial charge in [-0.25, -0.2) is 22.7 Å². The third-order valence-corrected chi connectivity index (χ3v) is 9.27. The summed E-state index contributed by atoms with van der Waals surface area (Å²) >= 11 is 3.32. The smallest absolute Gasteiger partial charge is 0.439 e. The molecule has 0 radical (unpaired) electrons. The Morgan fingerprint density at radius 2 is 0.904 bits per heavy atom. The monoisotopic (exact) mass is 1070 g/mol. The first-order valence-electron chi connectivity index (χ1n) is 15.9. The Labute approximate surface area is 339 Å². The van der Waals surface area contributed by atoms with E-state index < -0.39 is 0 Å². The summed E-state index contributed by atoms with van der Waals surface area (Å²) < 4.78 is 0. The summed E-state index contributed by atoms with van der Waals surface area (Å²) in [5.74, 6) is 0. The molecule has 0 spiro atoms. The molecule has 0 amide bonds. The molecule has 260 valence electrons. The molecular weight excluding hydrogens is 1040 g/mol. The van der Waals surface area contributed by atoms with Crippen LogP contribution in [-0.4, -0.2) is 19.9 Å². The molecule has 0 saturated heterocycles. The van der Waals surface area contributed by atoms with Crippen LogP contribution in [-0.2, 0) is 42.1 Å². The Morgan fingerprint density at radius 3 is 1.29 bits per heavy atom. The van der Waals surface area contributed by atoms with Crippen molar-refractivity contribution in [1.82, 2.24) is 29.9 Å². The maximum Gasteiger partial charge on any atom is 2.00 e. The second kappa shape index (κ2) is 18.8. The molecule has 0 N–H and O–H groups in total. The van der Waals surface area contributed by atoms with Gasteiger partial charge in [-0.05, 0) is 69.9 Å². The minimum atomic E-state index is 0. The molecule has 8 heterocycles. The number of hydrogen-bond acceptors (Lipinski definition) is 6. The summed E-state index contributed by atoms with van der Waals surface area (Å²) in [6, 6.07) is 46.3. The minimum Gasteiger partial charge on any atom is -0.439 e. The second-order valence-electron chi connectivity index (χ2n) is 11.1. The fourth-order valence-corrected chi connectivity index (χ4v) is 6.56. The van der Waals surface area contributed by atoms with Crippen LogP contribution in [0.2, 0.25) is 0 Å². The number of aryl methyl sites for hydroxylation is 2.